The summed E-state index contributed by atoms with van der Waals surface area (Å²) in [4.78, 5) is 0. The lowest BCUT2D eigenvalue weighted by Crippen LogP contribution is -2.51. The van der Waals surface area contributed by atoms with Crippen LogP contribution in [-0.4, -0.2) is 62.5 Å². The minimum absolute atomic E-state index is 0.164. The Morgan fingerprint density at radius 1 is 1.32 bits per heavy atom. The summed E-state index contributed by atoms with van der Waals surface area (Å²) in [5.74, 6) is -1.09. The fourth-order valence-corrected chi connectivity index (χ4v) is 5.27. The van der Waals surface area contributed by atoms with Gasteiger partial charge in [0, 0.05) is 12.8 Å². The summed E-state index contributed by atoms with van der Waals surface area (Å²) < 4.78 is 47.5. The maximum absolute atomic E-state index is 12.1. The van der Waals surface area contributed by atoms with Crippen LogP contribution >= 0.6 is 0 Å². The van der Waals surface area contributed by atoms with Gasteiger partial charge in [0.05, 0.1) is 17.5 Å². The molecule has 1 fully saturated rings. The zero-order valence-corrected chi connectivity index (χ0v) is 12.3. The van der Waals surface area contributed by atoms with E-state index in [0.717, 1.165) is 17.0 Å². The summed E-state index contributed by atoms with van der Waals surface area (Å²) in [6.45, 7) is 0.257. The zero-order chi connectivity index (χ0) is 14.7. The third kappa shape index (κ3) is 4.62. The van der Waals surface area contributed by atoms with Crippen molar-refractivity contribution in [1.29, 1.82) is 0 Å². The molecule has 3 N–H and O–H groups in total. The number of rotatable bonds is 5. The van der Waals surface area contributed by atoms with Crippen molar-refractivity contribution in [1.82, 2.24) is 4.31 Å². The highest BCUT2D eigenvalue weighted by Crippen LogP contribution is 2.21. The Morgan fingerprint density at radius 2 is 1.95 bits per heavy atom. The van der Waals surface area contributed by atoms with Gasteiger partial charge in [0.15, 0.2) is 5.84 Å². The van der Waals surface area contributed by atoms with Crippen LogP contribution < -0.4 is 5.73 Å². The van der Waals surface area contributed by atoms with E-state index >= 15 is 0 Å². The monoisotopic (exact) mass is 313 g/mol. The van der Waals surface area contributed by atoms with Gasteiger partial charge >= 0.3 is 0 Å². The Bertz CT molecular complexity index is 540. The summed E-state index contributed by atoms with van der Waals surface area (Å²) >= 11 is 0. The highest BCUT2D eigenvalue weighted by Gasteiger charge is 2.35. The number of hydrogen-bond donors (Lipinski definition) is 2. The third-order valence-corrected chi connectivity index (χ3v) is 6.06. The molecule has 0 spiro atoms. The van der Waals surface area contributed by atoms with Crippen LogP contribution in [0.4, 0.5) is 0 Å². The molecule has 1 unspecified atom stereocenters. The summed E-state index contributed by atoms with van der Waals surface area (Å²) in [7, 11) is -7.09. The Morgan fingerprint density at radius 3 is 2.47 bits per heavy atom. The van der Waals surface area contributed by atoms with Crippen LogP contribution in [0.3, 0.4) is 0 Å². The highest BCUT2D eigenvalue weighted by atomic mass is 32.2. The molecule has 10 heteroatoms. The molecule has 0 amide bonds. The largest absolute Gasteiger partial charge is 0.409 e. The van der Waals surface area contributed by atoms with Crippen LogP contribution in [0.1, 0.15) is 19.3 Å². The fourth-order valence-electron chi connectivity index (χ4n) is 1.97. The maximum Gasteiger partial charge on any atom is 0.215 e. The van der Waals surface area contributed by atoms with E-state index in [1.807, 2.05) is 0 Å². The molecule has 1 heterocycles. The highest BCUT2D eigenvalue weighted by molar-refractivity contribution is 7.93. The number of oxime groups is 1. The van der Waals surface area contributed by atoms with Gasteiger partial charge in [-0.05, 0) is 12.8 Å². The topological polar surface area (TPSA) is 130 Å². The standard InChI is InChI=1S/C9H19N3O5S2/c1-18(14,15)6-7-19(16,17)12-5-3-2-4-8(12)9(10)11-13/h8,13H,2-7H2,1H3,(H2,10,11). The van der Waals surface area contributed by atoms with Crippen molar-refractivity contribution in [3.8, 4) is 0 Å². The minimum Gasteiger partial charge on any atom is -0.409 e. The van der Waals surface area contributed by atoms with Crippen molar-refractivity contribution in [3.05, 3.63) is 0 Å². The third-order valence-electron chi connectivity index (χ3n) is 2.98. The molecule has 19 heavy (non-hydrogen) atoms. The van der Waals surface area contributed by atoms with Gasteiger partial charge in [0.1, 0.15) is 9.84 Å². The average molecular weight is 313 g/mol. The molecule has 1 atom stereocenters. The van der Waals surface area contributed by atoms with Crippen molar-refractivity contribution >= 4 is 25.7 Å². The first-order valence-electron chi connectivity index (χ1n) is 5.82. The summed E-state index contributed by atoms with van der Waals surface area (Å²) in [6.07, 6.45) is 2.90. The molecule has 0 aromatic rings. The van der Waals surface area contributed by atoms with Gasteiger partial charge in [-0.1, -0.05) is 11.6 Å². The quantitative estimate of drug-likeness (QED) is 0.288. The normalized spacial score (nSPS) is 23.4. The molecule has 0 saturated carbocycles. The second-order valence-electron chi connectivity index (χ2n) is 4.59. The molecule has 1 rings (SSSR count). The van der Waals surface area contributed by atoms with E-state index in [1.54, 1.807) is 0 Å². The first-order valence-corrected chi connectivity index (χ1v) is 9.49. The SMILES string of the molecule is CS(=O)(=O)CCS(=O)(=O)N1CCCCC1C(N)=NO. The number of nitrogens with zero attached hydrogens (tertiary/aromatic N) is 2. The number of sulfonamides is 1. The van der Waals surface area contributed by atoms with Crippen LogP contribution in [0.2, 0.25) is 0 Å². The van der Waals surface area contributed by atoms with Crippen molar-refractivity contribution in [2.24, 2.45) is 10.9 Å². The smallest absolute Gasteiger partial charge is 0.215 e. The van der Waals surface area contributed by atoms with Gasteiger partial charge in [-0.15, -0.1) is 0 Å². The van der Waals surface area contributed by atoms with Gasteiger partial charge in [0.25, 0.3) is 0 Å². The van der Waals surface area contributed by atoms with Gasteiger partial charge in [0.2, 0.25) is 10.0 Å². The van der Waals surface area contributed by atoms with Crippen LogP contribution in [0.25, 0.3) is 0 Å². The molecule has 112 valence electrons. The van der Waals surface area contributed by atoms with E-state index in [-0.39, 0.29) is 12.4 Å². The number of piperidine rings is 1. The van der Waals surface area contributed by atoms with Gasteiger partial charge in [-0.2, -0.15) is 4.31 Å². The van der Waals surface area contributed by atoms with Gasteiger partial charge in [-0.25, -0.2) is 16.8 Å². The predicted molar refractivity (Wildman–Crippen MR) is 71.3 cm³/mol. The van der Waals surface area contributed by atoms with E-state index < -0.39 is 37.4 Å². The Kier molecular flexibility index (Phi) is 5.16. The molecule has 8 nitrogen and oxygen atoms in total. The lowest BCUT2D eigenvalue weighted by molar-refractivity contribution is 0.281. The maximum atomic E-state index is 12.1. The summed E-state index contributed by atoms with van der Waals surface area (Å²) in [6, 6.07) is -0.691. The Labute approximate surface area is 113 Å². The van der Waals surface area contributed by atoms with Crippen LogP contribution in [0.15, 0.2) is 5.16 Å². The molecular formula is C9H19N3O5S2. The molecule has 0 bridgehead atoms. The number of amidine groups is 1. The second-order valence-corrected chi connectivity index (χ2v) is 8.89. The number of sulfone groups is 1. The van der Waals surface area contributed by atoms with Crippen LogP contribution in [-0.2, 0) is 19.9 Å². The molecule has 0 aromatic carbocycles. The molecular weight excluding hydrogens is 294 g/mol. The molecule has 1 aliphatic rings. The fraction of sp³-hybridized carbons (Fsp3) is 0.889. The van der Waals surface area contributed by atoms with E-state index in [9.17, 15) is 16.8 Å². The number of nitrogens with two attached hydrogens (primary N) is 1. The van der Waals surface area contributed by atoms with Crippen LogP contribution in [0.5, 0.6) is 0 Å². The lowest BCUT2D eigenvalue weighted by atomic mass is 10.0. The average Bonchev–Trinajstić information content (AvgIpc) is 2.35. The van der Waals surface area contributed by atoms with Crippen LogP contribution in [0, 0.1) is 0 Å². The second kappa shape index (κ2) is 6.06. The Hall–Kier alpha value is -0.870. The van der Waals surface area contributed by atoms with Crippen molar-refractivity contribution in [2.45, 2.75) is 25.3 Å². The van der Waals surface area contributed by atoms with Crippen molar-refractivity contribution in [3.63, 3.8) is 0 Å². The Balaban J connectivity index is 2.90. The minimum atomic E-state index is -3.74. The molecule has 0 aromatic heterocycles. The summed E-state index contributed by atoms with van der Waals surface area (Å²) in [5.41, 5.74) is 5.49. The first-order chi connectivity index (χ1) is 8.67. The zero-order valence-electron chi connectivity index (χ0n) is 10.7. The molecule has 0 aliphatic carbocycles. The van der Waals surface area contributed by atoms with Crippen molar-refractivity contribution in [2.75, 3.05) is 24.3 Å². The van der Waals surface area contributed by atoms with E-state index in [0.29, 0.717) is 12.8 Å². The van der Waals surface area contributed by atoms with E-state index in [1.165, 1.54) is 0 Å². The molecule has 1 saturated heterocycles. The van der Waals surface area contributed by atoms with Gasteiger partial charge in [-0.3, -0.25) is 0 Å². The van der Waals surface area contributed by atoms with E-state index in [4.69, 9.17) is 10.9 Å². The first kappa shape index (κ1) is 16.2. The summed E-state index contributed by atoms with van der Waals surface area (Å²) in [5, 5.41) is 11.5. The van der Waals surface area contributed by atoms with Gasteiger partial charge < -0.3 is 10.9 Å². The van der Waals surface area contributed by atoms with E-state index in [2.05, 4.69) is 5.16 Å². The predicted octanol–water partition coefficient (Wildman–Crippen LogP) is -1.04. The van der Waals surface area contributed by atoms with Crippen molar-refractivity contribution < 1.29 is 22.0 Å². The molecule has 0 radical (unpaired) electrons. The lowest BCUT2D eigenvalue weighted by Gasteiger charge is -2.33. The number of hydrogen-bond acceptors (Lipinski definition) is 6. The molecule has 1 aliphatic heterocycles.